The van der Waals surface area contributed by atoms with Crippen molar-refractivity contribution in [3.8, 4) is 5.75 Å². The van der Waals surface area contributed by atoms with Crippen molar-refractivity contribution in [3.05, 3.63) is 30.3 Å². The predicted octanol–water partition coefficient (Wildman–Crippen LogP) is 4.21. The maximum absolute atomic E-state index is 12.6. The smallest absolute Gasteiger partial charge is 0.413 e. The topological polar surface area (TPSA) is 64.6 Å². The van der Waals surface area contributed by atoms with Gasteiger partial charge in [0.2, 0.25) is 0 Å². The standard InChI is InChI=1S/C20H27NO4/c1-18(2,3)25-16(22)19-9-12-20(13-10-19,14-11-19)21-17(23)24-15-7-5-4-6-8-15/h4-8H,9-14H2,1-3H3,(H,21,23). The van der Waals surface area contributed by atoms with E-state index >= 15 is 0 Å². The van der Waals surface area contributed by atoms with Crippen LogP contribution in [0, 0.1) is 5.41 Å². The van der Waals surface area contributed by atoms with Gasteiger partial charge in [-0.15, -0.1) is 0 Å². The normalized spacial score (nSPS) is 28.3. The minimum absolute atomic E-state index is 0.0832. The number of hydrogen-bond donors (Lipinski definition) is 1. The van der Waals surface area contributed by atoms with Crippen molar-refractivity contribution in [3.63, 3.8) is 0 Å². The first-order chi connectivity index (χ1) is 11.7. The summed E-state index contributed by atoms with van der Waals surface area (Å²) in [5, 5.41) is 3.06. The van der Waals surface area contributed by atoms with Crippen molar-refractivity contribution in [1.29, 1.82) is 0 Å². The lowest BCUT2D eigenvalue weighted by molar-refractivity contribution is -0.175. The van der Waals surface area contributed by atoms with Crippen molar-refractivity contribution in [2.45, 2.75) is 70.4 Å². The average molecular weight is 345 g/mol. The Bertz CT molecular complexity index is 623. The van der Waals surface area contributed by atoms with Gasteiger partial charge < -0.3 is 14.8 Å². The number of rotatable bonds is 3. The van der Waals surface area contributed by atoms with Gasteiger partial charge in [0.1, 0.15) is 11.4 Å². The van der Waals surface area contributed by atoms with Crippen LogP contribution in [0.15, 0.2) is 30.3 Å². The Morgan fingerprint density at radius 1 is 0.960 bits per heavy atom. The number of hydrogen-bond acceptors (Lipinski definition) is 4. The minimum atomic E-state index is -0.463. The number of carbonyl (C=O) groups excluding carboxylic acids is 2. The van der Waals surface area contributed by atoms with Crippen molar-refractivity contribution < 1.29 is 19.1 Å². The first-order valence-electron chi connectivity index (χ1n) is 9.01. The second-order valence-electron chi connectivity index (χ2n) is 8.39. The first kappa shape index (κ1) is 17.8. The number of amides is 1. The number of benzene rings is 1. The van der Waals surface area contributed by atoms with Gasteiger partial charge in [0.15, 0.2) is 0 Å². The molecule has 0 aromatic heterocycles. The lowest BCUT2D eigenvalue weighted by atomic mass is 9.57. The molecule has 3 aliphatic rings. The summed E-state index contributed by atoms with van der Waals surface area (Å²) in [5.41, 5.74) is -1.09. The van der Waals surface area contributed by atoms with Crippen molar-refractivity contribution >= 4 is 12.1 Å². The van der Waals surface area contributed by atoms with E-state index in [4.69, 9.17) is 9.47 Å². The van der Waals surface area contributed by atoms with E-state index < -0.39 is 11.7 Å². The van der Waals surface area contributed by atoms with Crippen molar-refractivity contribution in [2.24, 2.45) is 5.41 Å². The summed E-state index contributed by atoms with van der Waals surface area (Å²) >= 11 is 0. The number of para-hydroxylation sites is 1. The Labute approximate surface area is 149 Å². The zero-order valence-electron chi connectivity index (χ0n) is 15.3. The van der Waals surface area contributed by atoms with Gasteiger partial charge in [0.05, 0.1) is 5.41 Å². The van der Waals surface area contributed by atoms with Crippen LogP contribution in [-0.4, -0.2) is 23.2 Å². The molecule has 5 heteroatoms. The predicted molar refractivity (Wildman–Crippen MR) is 94.3 cm³/mol. The molecule has 0 atom stereocenters. The first-order valence-corrected chi connectivity index (χ1v) is 9.01. The minimum Gasteiger partial charge on any atom is -0.460 e. The lowest BCUT2D eigenvalue weighted by Crippen LogP contribution is -2.59. The largest absolute Gasteiger partial charge is 0.460 e. The van der Waals surface area contributed by atoms with Crippen LogP contribution >= 0.6 is 0 Å². The van der Waals surface area contributed by atoms with E-state index in [9.17, 15) is 9.59 Å². The Kier molecular flexibility index (Phi) is 4.52. The molecule has 0 spiro atoms. The molecule has 2 bridgehead atoms. The molecule has 1 N–H and O–H groups in total. The monoisotopic (exact) mass is 345 g/mol. The Morgan fingerprint density at radius 2 is 1.52 bits per heavy atom. The molecule has 0 aliphatic heterocycles. The molecule has 3 fully saturated rings. The second-order valence-corrected chi connectivity index (χ2v) is 8.39. The molecule has 136 valence electrons. The average Bonchev–Trinajstić information content (AvgIpc) is 2.55. The molecule has 3 saturated carbocycles. The second kappa shape index (κ2) is 6.36. The molecule has 3 aliphatic carbocycles. The fourth-order valence-corrected chi connectivity index (χ4v) is 3.90. The molecular weight excluding hydrogens is 318 g/mol. The van der Waals surface area contributed by atoms with E-state index in [0.29, 0.717) is 5.75 Å². The number of nitrogens with one attached hydrogen (secondary N) is 1. The van der Waals surface area contributed by atoms with Gasteiger partial charge in [-0.2, -0.15) is 0 Å². The molecule has 1 amide bonds. The number of carbonyl (C=O) groups is 2. The summed E-state index contributed by atoms with van der Waals surface area (Å²) in [6.07, 6.45) is 4.22. The number of esters is 1. The van der Waals surface area contributed by atoms with E-state index in [1.807, 2.05) is 39.0 Å². The summed E-state index contributed by atoms with van der Waals surface area (Å²) in [4.78, 5) is 24.9. The zero-order valence-corrected chi connectivity index (χ0v) is 15.3. The third-order valence-electron chi connectivity index (χ3n) is 5.40. The molecule has 1 aromatic rings. The molecule has 25 heavy (non-hydrogen) atoms. The molecule has 0 unspecified atom stereocenters. The number of ether oxygens (including phenoxy) is 2. The van der Waals surface area contributed by atoms with Crippen LogP contribution in [0.2, 0.25) is 0 Å². The van der Waals surface area contributed by atoms with Gasteiger partial charge >= 0.3 is 12.1 Å². The fourth-order valence-electron chi connectivity index (χ4n) is 3.90. The van der Waals surface area contributed by atoms with Gasteiger partial charge in [-0.05, 0) is 71.4 Å². The summed E-state index contributed by atoms with van der Waals surface area (Å²) in [6, 6.07) is 9.05. The third-order valence-corrected chi connectivity index (χ3v) is 5.40. The fraction of sp³-hybridized carbons (Fsp3) is 0.600. The molecule has 0 saturated heterocycles. The molecule has 0 radical (unpaired) electrons. The highest BCUT2D eigenvalue weighted by molar-refractivity contribution is 5.78. The van der Waals surface area contributed by atoms with Crippen LogP contribution in [0.25, 0.3) is 0 Å². The van der Waals surface area contributed by atoms with E-state index in [1.165, 1.54) is 0 Å². The van der Waals surface area contributed by atoms with E-state index in [1.54, 1.807) is 12.1 Å². The molecule has 1 aromatic carbocycles. The van der Waals surface area contributed by atoms with Gasteiger partial charge in [-0.25, -0.2) is 4.79 Å². The molecule has 4 rings (SSSR count). The maximum atomic E-state index is 12.6. The van der Waals surface area contributed by atoms with Gasteiger partial charge in [0, 0.05) is 5.54 Å². The maximum Gasteiger partial charge on any atom is 0.413 e. The van der Waals surface area contributed by atoms with E-state index in [-0.39, 0.29) is 16.9 Å². The lowest BCUT2D eigenvalue weighted by Gasteiger charge is -2.52. The van der Waals surface area contributed by atoms with Gasteiger partial charge in [-0.1, -0.05) is 18.2 Å². The van der Waals surface area contributed by atoms with Gasteiger partial charge in [0.25, 0.3) is 0 Å². The highest BCUT2D eigenvalue weighted by Gasteiger charge is 2.54. The van der Waals surface area contributed by atoms with Crippen LogP contribution in [-0.2, 0) is 9.53 Å². The SMILES string of the molecule is CC(C)(C)OC(=O)C12CCC(NC(=O)Oc3ccccc3)(CC1)CC2. The highest BCUT2D eigenvalue weighted by atomic mass is 16.6. The summed E-state index contributed by atoms with van der Waals surface area (Å²) in [5.74, 6) is 0.450. The number of fused-ring (bicyclic) bond motifs is 3. The summed E-state index contributed by atoms with van der Waals surface area (Å²) in [6.45, 7) is 5.70. The van der Waals surface area contributed by atoms with E-state index in [0.717, 1.165) is 38.5 Å². The third kappa shape index (κ3) is 3.97. The van der Waals surface area contributed by atoms with Crippen LogP contribution in [0.1, 0.15) is 59.3 Å². The Morgan fingerprint density at radius 3 is 2.04 bits per heavy atom. The van der Waals surface area contributed by atoms with E-state index in [2.05, 4.69) is 5.32 Å². The quantitative estimate of drug-likeness (QED) is 0.834. The van der Waals surface area contributed by atoms with Crippen LogP contribution < -0.4 is 10.1 Å². The summed E-state index contributed by atoms with van der Waals surface area (Å²) < 4.78 is 11.0. The van der Waals surface area contributed by atoms with Gasteiger partial charge in [-0.3, -0.25) is 4.79 Å². The zero-order chi connectivity index (χ0) is 18.1. The van der Waals surface area contributed by atoms with Crippen LogP contribution in [0.5, 0.6) is 5.75 Å². The molecule has 0 heterocycles. The molecular formula is C20H27NO4. The van der Waals surface area contributed by atoms with Crippen LogP contribution in [0.4, 0.5) is 4.79 Å². The van der Waals surface area contributed by atoms with Crippen molar-refractivity contribution in [2.75, 3.05) is 0 Å². The van der Waals surface area contributed by atoms with Crippen molar-refractivity contribution in [1.82, 2.24) is 5.32 Å². The highest BCUT2D eigenvalue weighted by Crippen LogP contribution is 2.53. The van der Waals surface area contributed by atoms with Crippen LogP contribution in [0.3, 0.4) is 0 Å². The Hall–Kier alpha value is -2.04. The summed E-state index contributed by atoms with van der Waals surface area (Å²) in [7, 11) is 0. The molecule has 5 nitrogen and oxygen atoms in total. The Balaban J connectivity index is 1.59.